The predicted octanol–water partition coefficient (Wildman–Crippen LogP) is 5.56. The quantitative estimate of drug-likeness (QED) is 0.772. The van der Waals surface area contributed by atoms with E-state index in [0.29, 0.717) is 5.02 Å². The van der Waals surface area contributed by atoms with Crippen LogP contribution in [-0.2, 0) is 6.54 Å². The third kappa shape index (κ3) is 4.16. The molecular weight excluding hydrogens is 309 g/mol. The maximum Gasteiger partial charge on any atom is 0.0546 e. The Bertz CT molecular complexity index is 599. The molecule has 0 spiro atoms. The highest BCUT2D eigenvalue weighted by atomic mass is 35.5. The summed E-state index contributed by atoms with van der Waals surface area (Å²) in [6.07, 6.45) is 0. The Kier molecular flexibility index (Phi) is 5.79. The number of hydrogen-bond acceptors (Lipinski definition) is 2. The molecule has 1 nitrogen and oxygen atoms in total. The first kappa shape index (κ1) is 15.7. The van der Waals surface area contributed by atoms with Crippen molar-refractivity contribution in [2.24, 2.45) is 0 Å². The summed E-state index contributed by atoms with van der Waals surface area (Å²) in [5.74, 6) is 0. The lowest BCUT2D eigenvalue weighted by molar-refractivity contribution is 0.726. The van der Waals surface area contributed by atoms with Gasteiger partial charge in [0, 0.05) is 21.4 Å². The van der Waals surface area contributed by atoms with Gasteiger partial charge in [0.2, 0.25) is 0 Å². The fraction of sp³-hybridized carbons (Fsp3) is 0.250. The molecule has 20 heavy (non-hydrogen) atoms. The zero-order valence-electron chi connectivity index (χ0n) is 11.5. The van der Waals surface area contributed by atoms with E-state index in [2.05, 4.69) is 37.4 Å². The maximum atomic E-state index is 6.21. The van der Waals surface area contributed by atoms with Crippen LogP contribution in [0.4, 0.5) is 0 Å². The van der Waals surface area contributed by atoms with E-state index in [4.69, 9.17) is 23.2 Å². The monoisotopic (exact) mass is 325 g/mol. The van der Waals surface area contributed by atoms with Gasteiger partial charge in [-0.3, -0.25) is 0 Å². The standard InChI is InChI=1S/C16H17Cl2NS/c1-3-19-10-12-4-7-15(11(2)8-12)20-16-9-13(17)5-6-14(16)18/h4-9,19H,3,10H2,1-2H3. The molecule has 0 aliphatic carbocycles. The van der Waals surface area contributed by atoms with Gasteiger partial charge in [0.25, 0.3) is 0 Å². The molecule has 0 saturated heterocycles. The van der Waals surface area contributed by atoms with Crippen LogP contribution in [0.2, 0.25) is 10.0 Å². The van der Waals surface area contributed by atoms with Crippen molar-refractivity contribution in [2.75, 3.05) is 6.54 Å². The number of benzene rings is 2. The minimum Gasteiger partial charge on any atom is -0.313 e. The summed E-state index contributed by atoms with van der Waals surface area (Å²) >= 11 is 13.9. The molecule has 2 rings (SSSR count). The first-order chi connectivity index (χ1) is 9.60. The highest BCUT2D eigenvalue weighted by molar-refractivity contribution is 7.99. The van der Waals surface area contributed by atoms with Gasteiger partial charge in [-0.2, -0.15) is 0 Å². The number of aryl methyl sites for hydroxylation is 1. The molecule has 0 aromatic heterocycles. The van der Waals surface area contributed by atoms with Gasteiger partial charge in [0.05, 0.1) is 5.02 Å². The van der Waals surface area contributed by atoms with Crippen molar-refractivity contribution in [1.82, 2.24) is 5.32 Å². The number of hydrogen-bond donors (Lipinski definition) is 1. The molecule has 0 radical (unpaired) electrons. The van der Waals surface area contributed by atoms with Crippen LogP contribution < -0.4 is 5.32 Å². The van der Waals surface area contributed by atoms with Crippen molar-refractivity contribution >= 4 is 35.0 Å². The second-order valence-corrected chi connectivity index (χ2v) is 6.48. The second-order valence-electron chi connectivity index (χ2n) is 4.56. The average molecular weight is 326 g/mol. The molecule has 0 amide bonds. The Morgan fingerprint density at radius 2 is 1.85 bits per heavy atom. The van der Waals surface area contributed by atoms with E-state index >= 15 is 0 Å². The summed E-state index contributed by atoms with van der Waals surface area (Å²) in [6.45, 7) is 6.11. The molecule has 0 heterocycles. The largest absolute Gasteiger partial charge is 0.313 e. The zero-order valence-corrected chi connectivity index (χ0v) is 13.9. The van der Waals surface area contributed by atoms with Crippen LogP contribution in [0.5, 0.6) is 0 Å². The Morgan fingerprint density at radius 3 is 2.55 bits per heavy atom. The smallest absolute Gasteiger partial charge is 0.0546 e. The summed E-state index contributed by atoms with van der Waals surface area (Å²) in [4.78, 5) is 2.19. The highest BCUT2D eigenvalue weighted by Crippen LogP contribution is 2.36. The Balaban J connectivity index is 2.19. The molecule has 4 heteroatoms. The third-order valence-corrected chi connectivity index (χ3v) is 4.84. The number of halogens is 2. The van der Waals surface area contributed by atoms with Gasteiger partial charge in [-0.1, -0.05) is 54.0 Å². The van der Waals surface area contributed by atoms with Crippen LogP contribution in [0.3, 0.4) is 0 Å². The Morgan fingerprint density at radius 1 is 1.05 bits per heavy atom. The van der Waals surface area contributed by atoms with Crippen molar-refractivity contribution in [3.05, 3.63) is 57.6 Å². The second kappa shape index (κ2) is 7.37. The predicted molar refractivity (Wildman–Crippen MR) is 89.1 cm³/mol. The SMILES string of the molecule is CCNCc1ccc(Sc2cc(Cl)ccc2Cl)c(C)c1. The van der Waals surface area contributed by atoms with Gasteiger partial charge in [-0.15, -0.1) is 0 Å². The van der Waals surface area contributed by atoms with Crippen LogP contribution in [0.25, 0.3) is 0 Å². The third-order valence-electron chi connectivity index (χ3n) is 2.93. The maximum absolute atomic E-state index is 6.21. The molecule has 0 unspecified atom stereocenters. The molecule has 0 bridgehead atoms. The minimum atomic E-state index is 0.707. The fourth-order valence-corrected chi connectivity index (χ4v) is 3.29. The topological polar surface area (TPSA) is 12.0 Å². The molecule has 2 aromatic carbocycles. The van der Waals surface area contributed by atoms with Gasteiger partial charge in [-0.05, 0) is 48.9 Å². The lowest BCUT2D eigenvalue weighted by Crippen LogP contribution is -2.11. The van der Waals surface area contributed by atoms with Gasteiger partial charge < -0.3 is 5.32 Å². The fourth-order valence-electron chi connectivity index (χ4n) is 1.88. The summed E-state index contributed by atoms with van der Waals surface area (Å²) in [7, 11) is 0. The van der Waals surface area contributed by atoms with E-state index < -0.39 is 0 Å². The van der Waals surface area contributed by atoms with E-state index in [1.54, 1.807) is 17.8 Å². The van der Waals surface area contributed by atoms with E-state index in [1.807, 2.05) is 12.1 Å². The first-order valence-corrected chi connectivity index (χ1v) is 8.10. The van der Waals surface area contributed by atoms with Crippen molar-refractivity contribution < 1.29 is 0 Å². The number of rotatable bonds is 5. The van der Waals surface area contributed by atoms with Crippen molar-refractivity contribution in [1.29, 1.82) is 0 Å². The Labute approximate surface area is 134 Å². The van der Waals surface area contributed by atoms with E-state index in [-0.39, 0.29) is 0 Å². The number of nitrogens with one attached hydrogen (secondary N) is 1. The molecule has 0 aliphatic heterocycles. The highest BCUT2D eigenvalue weighted by Gasteiger charge is 2.07. The molecule has 1 N–H and O–H groups in total. The van der Waals surface area contributed by atoms with Gasteiger partial charge in [-0.25, -0.2) is 0 Å². The zero-order chi connectivity index (χ0) is 14.5. The Hall–Kier alpha value is -0.670. The molecule has 0 fully saturated rings. The van der Waals surface area contributed by atoms with Gasteiger partial charge in [0.15, 0.2) is 0 Å². The van der Waals surface area contributed by atoms with Crippen LogP contribution in [0.15, 0.2) is 46.2 Å². The molecule has 106 valence electrons. The van der Waals surface area contributed by atoms with Crippen LogP contribution >= 0.6 is 35.0 Å². The minimum absolute atomic E-state index is 0.707. The van der Waals surface area contributed by atoms with Crippen molar-refractivity contribution in [3.63, 3.8) is 0 Å². The molecule has 2 aromatic rings. The molecule has 0 aliphatic rings. The summed E-state index contributed by atoms with van der Waals surface area (Å²) in [6, 6.07) is 12.0. The van der Waals surface area contributed by atoms with Crippen LogP contribution in [0, 0.1) is 6.92 Å². The lowest BCUT2D eigenvalue weighted by atomic mass is 10.1. The molecular formula is C16H17Cl2NS. The molecule has 0 atom stereocenters. The first-order valence-electron chi connectivity index (χ1n) is 6.53. The van der Waals surface area contributed by atoms with Crippen molar-refractivity contribution in [3.8, 4) is 0 Å². The molecule has 0 saturated carbocycles. The van der Waals surface area contributed by atoms with Crippen LogP contribution in [0.1, 0.15) is 18.1 Å². The van der Waals surface area contributed by atoms with Gasteiger partial charge in [0.1, 0.15) is 0 Å². The summed E-state index contributed by atoms with van der Waals surface area (Å²) < 4.78 is 0. The van der Waals surface area contributed by atoms with Crippen molar-refractivity contribution in [2.45, 2.75) is 30.2 Å². The normalized spacial score (nSPS) is 10.8. The van der Waals surface area contributed by atoms with E-state index in [9.17, 15) is 0 Å². The summed E-state index contributed by atoms with van der Waals surface area (Å²) in [5, 5.41) is 4.77. The van der Waals surface area contributed by atoms with E-state index in [0.717, 1.165) is 23.0 Å². The van der Waals surface area contributed by atoms with Crippen LogP contribution in [-0.4, -0.2) is 6.54 Å². The lowest BCUT2D eigenvalue weighted by Gasteiger charge is -2.10. The average Bonchev–Trinajstić information content (AvgIpc) is 2.43. The van der Waals surface area contributed by atoms with Gasteiger partial charge >= 0.3 is 0 Å². The summed E-state index contributed by atoms with van der Waals surface area (Å²) in [5.41, 5.74) is 2.55. The van der Waals surface area contributed by atoms with E-state index in [1.165, 1.54) is 16.0 Å².